The normalized spacial score (nSPS) is 16.2. The van der Waals surface area contributed by atoms with Crippen LogP contribution in [-0.2, 0) is 4.79 Å². The summed E-state index contributed by atoms with van der Waals surface area (Å²) in [6.45, 7) is 2.86. The summed E-state index contributed by atoms with van der Waals surface area (Å²) in [5.74, 6) is -0.269. The Bertz CT molecular complexity index is 629. The fraction of sp³-hybridized carbons (Fsp3) is 0.333. The van der Waals surface area contributed by atoms with E-state index >= 15 is 0 Å². The lowest BCUT2D eigenvalue weighted by Crippen LogP contribution is -2.47. The summed E-state index contributed by atoms with van der Waals surface area (Å²) in [5.41, 5.74) is 6.82. The average Bonchev–Trinajstić information content (AvgIpc) is 2.50. The van der Waals surface area contributed by atoms with Crippen molar-refractivity contribution in [1.29, 1.82) is 5.26 Å². The summed E-state index contributed by atoms with van der Waals surface area (Å²) >= 11 is 6.04. The van der Waals surface area contributed by atoms with E-state index < -0.39 is 0 Å². The Morgan fingerprint density at radius 1 is 1.41 bits per heavy atom. The second kappa shape index (κ2) is 7.16. The molecule has 116 valence electrons. The van der Waals surface area contributed by atoms with Crippen molar-refractivity contribution in [3.8, 4) is 6.07 Å². The monoisotopic (exact) mass is 319 g/mol. The number of nitrogens with one attached hydrogen (secondary N) is 1. The van der Waals surface area contributed by atoms with Crippen molar-refractivity contribution in [1.82, 2.24) is 9.80 Å². The summed E-state index contributed by atoms with van der Waals surface area (Å²) in [5, 5.41) is 12.5. The van der Waals surface area contributed by atoms with Gasteiger partial charge in [0.15, 0.2) is 0 Å². The van der Waals surface area contributed by atoms with E-state index in [0.29, 0.717) is 29.5 Å². The molecule has 0 radical (unpaired) electrons. The fourth-order valence-corrected chi connectivity index (χ4v) is 2.36. The van der Waals surface area contributed by atoms with Crippen molar-refractivity contribution in [2.45, 2.75) is 0 Å². The SMILES string of the molecule is CN1CCN(C(=O)/C(C#N)=C\Nc2ccc(N)cc2Cl)CC1. The van der Waals surface area contributed by atoms with Crippen molar-refractivity contribution >= 4 is 28.9 Å². The van der Waals surface area contributed by atoms with Crippen LogP contribution < -0.4 is 11.1 Å². The molecule has 0 aliphatic carbocycles. The number of amides is 1. The molecular weight excluding hydrogens is 302 g/mol. The minimum Gasteiger partial charge on any atom is -0.399 e. The van der Waals surface area contributed by atoms with Gasteiger partial charge in [-0.2, -0.15) is 5.26 Å². The maximum absolute atomic E-state index is 12.3. The molecule has 0 bridgehead atoms. The molecule has 2 rings (SSSR count). The van der Waals surface area contributed by atoms with Gasteiger partial charge in [0.25, 0.3) is 5.91 Å². The number of piperazine rings is 1. The Kier molecular flexibility index (Phi) is 5.26. The van der Waals surface area contributed by atoms with Gasteiger partial charge in [-0.05, 0) is 25.2 Å². The predicted octanol–water partition coefficient (Wildman–Crippen LogP) is 1.52. The first-order valence-corrected chi connectivity index (χ1v) is 7.28. The summed E-state index contributed by atoms with van der Waals surface area (Å²) < 4.78 is 0. The number of likely N-dealkylation sites (N-methyl/N-ethyl adjacent to an activating group) is 1. The molecule has 1 fully saturated rings. The lowest BCUT2D eigenvalue weighted by atomic mass is 10.2. The molecule has 0 spiro atoms. The van der Waals surface area contributed by atoms with E-state index in [1.807, 2.05) is 13.1 Å². The highest BCUT2D eigenvalue weighted by molar-refractivity contribution is 6.33. The highest BCUT2D eigenvalue weighted by atomic mass is 35.5. The van der Waals surface area contributed by atoms with Gasteiger partial charge in [-0.3, -0.25) is 4.79 Å². The number of hydrogen-bond donors (Lipinski definition) is 2. The molecule has 0 unspecified atom stereocenters. The Labute approximate surface area is 134 Å². The maximum atomic E-state index is 12.3. The largest absolute Gasteiger partial charge is 0.399 e. The van der Waals surface area contributed by atoms with E-state index in [1.54, 1.807) is 23.1 Å². The predicted molar refractivity (Wildman–Crippen MR) is 87.3 cm³/mol. The Hall–Kier alpha value is -2.23. The van der Waals surface area contributed by atoms with E-state index in [0.717, 1.165) is 13.1 Å². The number of anilines is 2. The first kappa shape index (κ1) is 16.1. The zero-order chi connectivity index (χ0) is 16.1. The molecule has 0 aromatic heterocycles. The summed E-state index contributed by atoms with van der Waals surface area (Å²) in [4.78, 5) is 16.1. The maximum Gasteiger partial charge on any atom is 0.266 e. The van der Waals surface area contributed by atoms with Gasteiger partial charge in [-0.15, -0.1) is 0 Å². The number of halogens is 1. The van der Waals surface area contributed by atoms with Gasteiger partial charge in [-0.1, -0.05) is 11.6 Å². The third kappa shape index (κ3) is 3.91. The highest BCUT2D eigenvalue weighted by Crippen LogP contribution is 2.24. The first-order valence-electron chi connectivity index (χ1n) is 6.91. The second-order valence-electron chi connectivity index (χ2n) is 5.15. The summed E-state index contributed by atoms with van der Waals surface area (Å²) in [6.07, 6.45) is 1.39. The average molecular weight is 320 g/mol. The van der Waals surface area contributed by atoms with Gasteiger partial charge in [0.1, 0.15) is 11.6 Å². The standard InChI is InChI=1S/C15H18ClN5O/c1-20-4-6-21(7-5-20)15(22)11(9-17)10-19-14-3-2-12(18)8-13(14)16/h2-3,8,10,19H,4-7,18H2,1H3/b11-10-. The molecule has 1 aromatic carbocycles. The van der Waals surface area contributed by atoms with Crippen LogP contribution in [0.15, 0.2) is 30.0 Å². The number of hydrogen-bond acceptors (Lipinski definition) is 5. The summed E-state index contributed by atoms with van der Waals surface area (Å²) in [7, 11) is 2.01. The quantitative estimate of drug-likeness (QED) is 0.501. The third-order valence-electron chi connectivity index (χ3n) is 3.51. The number of carbonyl (C=O) groups excluding carboxylic acids is 1. The molecule has 1 amide bonds. The van der Waals surface area contributed by atoms with Crippen LogP contribution in [0.5, 0.6) is 0 Å². The van der Waals surface area contributed by atoms with Crippen LogP contribution >= 0.6 is 11.6 Å². The molecule has 7 heteroatoms. The zero-order valence-corrected chi connectivity index (χ0v) is 13.1. The number of rotatable bonds is 3. The number of nitriles is 1. The van der Waals surface area contributed by atoms with Gasteiger partial charge in [0.05, 0.1) is 10.7 Å². The molecule has 0 atom stereocenters. The van der Waals surface area contributed by atoms with E-state index in [4.69, 9.17) is 17.3 Å². The van der Waals surface area contributed by atoms with Crippen molar-refractivity contribution in [3.63, 3.8) is 0 Å². The molecule has 3 N–H and O–H groups in total. The third-order valence-corrected chi connectivity index (χ3v) is 3.82. The van der Waals surface area contributed by atoms with Gasteiger partial charge in [0.2, 0.25) is 0 Å². The van der Waals surface area contributed by atoms with Crippen LogP contribution in [0.25, 0.3) is 0 Å². The van der Waals surface area contributed by atoms with Gasteiger partial charge in [-0.25, -0.2) is 0 Å². The number of nitrogen functional groups attached to an aromatic ring is 1. The highest BCUT2D eigenvalue weighted by Gasteiger charge is 2.22. The minimum absolute atomic E-state index is 0.0532. The minimum atomic E-state index is -0.269. The zero-order valence-electron chi connectivity index (χ0n) is 12.3. The van der Waals surface area contributed by atoms with Crippen LogP contribution in [0, 0.1) is 11.3 Å². The van der Waals surface area contributed by atoms with E-state index in [9.17, 15) is 10.1 Å². The van der Waals surface area contributed by atoms with Crippen molar-refractivity contribution in [2.75, 3.05) is 44.3 Å². The topological polar surface area (TPSA) is 85.4 Å². The van der Waals surface area contributed by atoms with Crippen LogP contribution in [0.4, 0.5) is 11.4 Å². The number of benzene rings is 1. The number of nitrogens with zero attached hydrogens (tertiary/aromatic N) is 3. The molecule has 1 heterocycles. The Morgan fingerprint density at radius 3 is 2.68 bits per heavy atom. The van der Waals surface area contributed by atoms with Gasteiger partial charge < -0.3 is 20.9 Å². The molecule has 22 heavy (non-hydrogen) atoms. The molecule has 1 aromatic rings. The van der Waals surface area contributed by atoms with Crippen LogP contribution in [0.2, 0.25) is 5.02 Å². The van der Waals surface area contributed by atoms with Gasteiger partial charge in [0, 0.05) is 38.1 Å². The molecule has 1 aliphatic rings. The number of carbonyl (C=O) groups is 1. The molecular formula is C15H18ClN5O. The second-order valence-corrected chi connectivity index (χ2v) is 5.56. The molecule has 0 saturated carbocycles. The van der Waals surface area contributed by atoms with Crippen LogP contribution in [0.3, 0.4) is 0 Å². The molecule has 1 saturated heterocycles. The van der Waals surface area contributed by atoms with Crippen LogP contribution in [0.1, 0.15) is 0 Å². The lowest BCUT2D eigenvalue weighted by Gasteiger charge is -2.32. The van der Waals surface area contributed by atoms with Crippen molar-refractivity contribution in [3.05, 3.63) is 35.0 Å². The van der Waals surface area contributed by atoms with Crippen LogP contribution in [-0.4, -0.2) is 48.9 Å². The number of nitrogens with two attached hydrogens (primary N) is 1. The van der Waals surface area contributed by atoms with Crippen molar-refractivity contribution < 1.29 is 4.79 Å². The van der Waals surface area contributed by atoms with E-state index in [2.05, 4.69) is 10.2 Å². The first-order chi connectivity index (χ1) is 10.5. The fourth-order valence-electron chi connectivity index (χ4n) is 2.12. The van der Waals surface area contributed by atoms with Gasteiger partial charge >= 0.3 is 0 Å². The molecule has 1 aliphatic heterocycles. The van der Waals surface area contributed by atoms with E-state index in [-0.39, 0.29) is 11.5 Å². The Balaban J connectivity index is 2.07. The summed E-state index contributed by atoms with van der Waals surface area (Å²) in [6, 6.07) is 6.93. The lowest BCUT2D eigenvalue weighted by molar-refractivity contribution is -0.128. The van der Waals surface area contributed by atoms with E-state index in [1.165, 1.54) is 6.20 Å². The smallest absolute Gasteiger partial charge is 0.266 e. The van der Waals surface area contributed by atoms with Crippen molar-refractivity contribution in [2.24, 2.45) is 0 Å². The Morgan fingerprint density at radius 2 is 2.09 bits per heavy atom. The molecule has 6 nitrogen and oxygen atoms in total.